The Hall–Kier alpha value is -0.910. The summed E-state index contributed by atoms with van der Waals surface area (Å²) in [4.78, 5) is 0. The highest BCUT2D eigenvalue weighted by molar-refractivity contribution is 4.99. The van der Waals surface area contributed by atoms with Gasteiger partial charge in [-0.2, -0.15) is 5.10 Å². The average Bonchev–Trinajstić information content (AvgIpc) is 2.69. The van der Waals surface area contributed by atoms with Crippen molar-refractivity contribution < 1.29 is 9.47 Å². The Labute approximate surface area is 90.4 Å². The molecule has 0 saturated carbocycles. The number of nitrogens with zero attached hydrogens (tertiary/aromatic N) is 2. The highest BCUT2D eigenvalue weighted by Gasteiger charge is 2.00. The molecule has 0 aliphatic carbocycles. The predicted octanol–water partition coefficient (Wildman–Crippen LogP) is 0.266. The van der Waals surface area contributed by atoms with Crippen LogP contribution in [0.25, 0.3) is 0 Å². The molecular weight excluding hydrogens is 194 g/mol. The third-order valence-electron chi connectivity index (χ3n) is 2.10. The lowest BCUT2D eigenvalue weighted by Crippen LogP contribution is -2.21. The zero-order chi connectivity index (χ0) is 10.9. The first-order chi connectivity index (χ1) is 7.38. The normalized spacial score (nSPS) is 10.8. The Morgan fingerprint density at radius 2 is 2.13 bits per heavy atom. The smallest absolute Gasteiger partial charge is 0.0658 e. The molecule has 0 spiro atoms. The molecule has 5 nitrogen and oxygen atoms in total. The third kappa shape index (κ3) is 4.42. The maximum atomic E-state index is 5.01. The summed E-state index contributed by atoms with van der Waals surface area (Å²) in [7, 11) is 3.39. The van der Waals surface area contributed by atoms with E-state index in [1.807, 2.05) is 16.9 Å². The topological polar surface area (TPSA) is 48.3 Å². The van der Waals surface area contributed by atoms with Crippen molar-refractivity contribution in [2.75, 3.05) is 34.0 Å². The molecule has 0 bridgehead atoms. The molecule has 0 unspecified atom stereocenters. The van der Waals surface area contributed by atoms with Gasteiger partial charge in [0.15, 0.2) is 0 Å². The van der Waals surface area contributed by atoms with E-state index in [4.69, 9.17) is 9.47 Å². The number of rotatable bonds is 8. The van der Waals surface area contributed by atoms with Gasteiger partial charge >= 0.3 is 0 Å². The number of methoxy groups -OCH3 is 2. The first-order valence-electron chi connectivity index (χ1n) is 5.07. The fourth-order valence-electron chi connectivity index (χ4n) is 1.28. The van der Waals surface area contributed by atoms with Crippen molar-refractivity contribution in [3.8, 4) is 0 Å². The van der Waals surface area contributed by atoms with Crippen LogP contribution in [0.5, 0.6) is 0 Å². The summed E-state index contributed by atoms with van der Waals surface area (Å²) in [5, 5.41) is 7.50. The maximum absolute atomic E-state index is 5.01. The SMILES string of the molecule is COCCNCc1ccnn1CCOC. The lowest BCUT2D eigenvalue weighted by molar-refractivity contribution is 0.181. The predicted molar refractivity (Wildman–Crippen MR) is 57.7 cm³/mol. The molecule has 1 rings (SSSR count). The lowest BCUT2D eigenvalue weighted by atomic mass is 10.4. The van der Waals surface area contributed by atoms with Gasteiger partial charge in [-0.3, -0.25) is 4.68 Å². The van der Waals surface area contributed by atoms with Crippen LogP contribution in [0.2, 0.25) is 0 Å². The van der Waals surface area contributed by atoms with Crippen LogP contribution >= 0.6 is 0 Å². The quantitative estimate of drug-likeness (QED) is 0.630. The fraction of sp³-hybridized carbons (Fsp3) is 0.700. The molecule has 0 aliphatic heterocycles. The van der Waals surface area contributed by atoms with Crippen LogP contribution in [0.1, 0.15) is 5.69 Å². The summed E-state index contributed by atoms with van der Waals surface area (Å²) >= 11 is 0. The Morgan fingerprint density at radius 3 is 2.87 bits per heavy atom. The van der Waals surface area contributed by atoms with Gasteiger partial charge in [-0.1, -0.05) is 0 Å². The van der Waals surface area contributed by atoms with E-state index in [-0.39, 0.29) is 0 Å². The average molecular weight is 213 g/mol. The number of aromatic nitrogens is 2. The number of hydrogen-bond acceptors (Lipinski definition) is 4. The van der Waals surface area contributed by atoms with E-state index in [9.17, 15) is 0 Å². The van der Waals surface area contributed by atoms with E-state index in [1.165, 1.54) is 5.69 Å². The lowest BCUT2D eigenvalue weighted by Gasteiger charge is -2.07. The van der Waals surface area contributed by atoms with Gasteiger partial charge in [0.25, 0.3) is 0 Å². The number of ether oxygens (including phenoxy) is 2. The van der Waals surface area contributed by atoms with Crippen LogP contribution in [-0.2, 0) is 22.6 Å². The Morgan fingerprint density at radius 1 is 1.33 bits per heavy atom. The summed E-state index contributed by atoms with van der Waals surface area (Å²) in [6, 6.07) is 2.01. The monoisotopic (exact) mass is 213 g/mol. The van der Waals surface area contributed by atoms with Gasteiger partial charge in [0.05, 0.1) is 25.5 Å². The molecule has 5 heteroatoms. The van der Waals surface area contributed by atoms with Crippen molar-refractivity contribution in [2.45, 2.75) is 13.1 Å². The van der Waals surface area contributed by atoms with E-state index in [0.717, 1.165) is 26.2 Å². The van der Waals surface area contributed by atoms with Crippen LogP contribution in [0, 0.1) is 0 Å². The minimum atomic E-state index is 0.687. The molecule has 0 saturated heterocycles. The largest absolute Gasteiger partial charge is 0.383 e. The second-order valence-corrected chi connectivity index (χ2v) is 3.21. The molecule has 1 heterocycles. The van der Waals surface area contributed by atoms with Gasteiger partial charge in [0.1, 0.15) is 0 Å². The van der Waals surface area contributed by atoms with Crippen LogP contribution in [0.3, 0.4) is 0 Å². The Balaban J connectivity index is 2.29. The summed E-state index contributed by atoms with van der Waals surface area (Å²) < 4.78 is 11.9. The van der Waals surface area contributed by atoms with Crippen molar-refractivity contribution >= 4 is 0 Å². The highest BCUT2D eigenvalue weighted by atomic mass is 16.5. The molecular formula is C10H19N3O2. The molecule has 1 N–H and O–H groups in total. The van der Waals surface area contributed by atoms with Gasteiger partial charge in [0, 0.05) is 33.5 Å². The van der Waals surface area contributed by atoms with Crippen molar-refractivity contribution in [1.82, 2.24) is 15.1 Å². The molecule has 0 radical (unpaired) electrons. The second-order valence-electron chi connectivity index (χ2n) is 3.21. The Kier molecular flexibility index (Phi) is 5.99. The van der Waals surface area contributed by atoms with Crippen molar-refractivity contribution in [3.05, 3.63) is 18.0 Å². The summed E-state index contributed by atoms with van der Waals surface area (Å²) in [5.41, 5.74) is 1.17. The maximum Gasteiger partial charge on any atom is 0.0658 e. The molecule has 86 valence electrons. The van der Waals surface area contributed by atoms with Gasteiger partial charge in [-0.05, 0) is 6.07 Å². The van der Waals surface area contributed by atoms with Crippen molar-refractivity contribution in [3.63, 3.8) is 0 Å². The van der Waals surface area contributed by atoms with E-state index >= 15 is 0 Å². The molecule has 0 aliphatic rings. The van der Waals surface area contributed by atoms with Crippen LogP contribution in [-0.4, -0.2) is 43.8 Å². The van der Waals surface area contributed by atoms with Crippen molar-refractivity contribution in [2.24, 2.45) is 0 Å². The molecule has 1 aromatic rings. The van der Waals surface area contributed by atoms with E-state index < -0.39 is 0 Å². The fourth-order valence-corrected chi connectivity index (χ4v) is 1.28. The van der Waals surface area contributed by atoms with Crippen molar-refractivity contribution in [1.29, 1.82) is 0 Å². The molecule has 15 heavy (non-hydrogen) atoms. The number of nitrogens with one attached hydrogen (secondary N) is 1. The van der Waals surface area contributed by atoms with Gasteiger partial charge in [-0.25, -0.2) is 0 Å². The van der Waals surface area contributed by atoms with Crippen LogP contribution in [0.15, 0.2) is 12.3 Å². The van der Waals surface area contributed by atoms with Crippen LogP contribution < -0.4 is 5.32 Å². The zero-order valence-electron chi connectivity index (χ0n) is 9.40. The van der Waals surface area contributed by atoms with E-state index in [2.05, 4.69) is 10.4 Å². The summed E-state index contributed by atoms with van der Waals surface area (Å²) in [5.74, 6) is 0. The molecule has 1 aromatic heterocycles. The standard InChI is InChI=1S/C10H19N3O2/c1-14-7-5-11-9-10-3-4-12-13(10)6-8-15-2/h3-4,11H,5-9H2,1-2H3. The van der Waals surface area contributed by atoms with E-state index in [1.54, 1.807) is 14.2 Å². The first kappa shape index (κ1) is 12.2. The third-order valence-corrected chi connectivity index (χ3v) is 2.10. The molecule has 0 amide bonds. The summed E-state index contributed by atoms with van der Waals surface area (Å²) in [6.45, 7) is 3.88. The number of hydrogen-bond donors (Lipinski definition) is 1. The second kappa shape index (κ2) is 7.39. The molecule has 0 atom stereocenters. The van der Waals surface area contributed by atoms with Gasteiger partial charge in [0.2, 0.25) is 0 Å². The minimum absolute atomic E-state index is 0.687. The minimum Gasteiger partial charge on any atom is -0.383 e. The van der Waals surface area contributed by atoms with Gasteiger partial charge < -0.3 is 14.8 Å². The Bertz CT molecular complexity index is 263. The molecule has 0 fully saturated rings. The van der Waals surface area contributed by atoms with Gasteiger partial charge in [-0.15, -0.1) is 0 Å². The summed E-state index contributed by atoms with van der Waals surface area (Å²) in [6.07, 6.45) is 1.81. The first-order valence-corrected chi connectivity index (χ1v) is 5.07. The zero-order valence-corrected chi connectivity index (χ0v) is 9.40. The van der Waals surface area contributed by atoms with Crippen LogP contribution in [0.4, 0.5) is 0 Å². The molecule has 0 aromatic carbocycles. The highest BCUT2D eigenvalue weighted by Crippen LogP contribution is 1.98. The van der Waals surface area contributed by atoms with E-state index in [0.29, 0.717) is 6.61 Å².